The van der Waals surface area contributed by atoms with Gasteiger partial charge < -0.3 is 19.7 Å². The van der Waals surface area contributed by atoms with E-state index in [0.29, 0.717) is 39.3 Å². The Morgan fingerprint density at radius 1 is 1.44 bits per heavy atom. The Bertz CT molecular complexity index is 223. The van der Waals surface area contributed by atoms with Gasteiger partial charge in [-0.15, -0.1) is 0 Å². The van der Waals surface area contributed by atoms with Crippen LogP contribution in [0, 0.1) is 0 Å². The molecule has 1 aliphatic heterocycles. The second-order valence-corrected chi connectivity index (χ2v) is 3.84. The van der Waals surface area contributed by atoms with Crippen molar-refractivity contribution in [2.75, 3.05) is 40.0 Å². The Balaban J connectivity index is 2.21. The molecule has 1 fully saturated rings. The van der Waals surface area contributed by atoms with Crippen LogP contribution in [0.5, 0.6) is 0 Å². The number of carbonyl (C=O) groups is 1. The third-order valence-corrected chi connectivity index (χ3v) is 2.62. The van der Waals surface area contributed by atoms with Crippen molar-refractivity contribution in [3.05, 3.63) is 0 Å². The van der Waals surface area contributed by atoms with Gasteiger partial charge in [-0.05, 0) is 0 Å². The summed E-state index contributed by atoms with van der Waals surface area (Å²) in [4.78, 5) is 12.6. The average molecular weight is 233 g/mol. The third kappa shape index (κ3) is 4.05. The van der Waals surface area contributed by atoms with E-state index in [0.717, 1.165) is 0 Å². The molecule has 2 atom stereocenters. The van der Waals surface area contributed by atoms with E-state index in [1.165, 1.54) is 0 Å². The van der Waals surface area contributed by atoms with Gasteiger partial charge in [-0.2, -0.15) is 0 Å². The number of aliphatic hydroxyl groups is 1. The molecule has 2 N–H and O–H groups in total. The third-order valence-electron chi connectivity index (χ3n) is 2.62. The Kier molecular flexibility index (Phi) is 5.68. The van der Waals surface area contributed by atoms with Crippen molar-refractivity contribution in [3.8, 4) is 0 Å². The maximum absolute atomic E-state index is 10.9. The number of rotatable bonds is 7. The van der Waals surface area contributed by atoms with Crippen LogP contribution in [-0.2, 0) is 14.3 Å². The Labute approximate surface area is 94.8 Å². The van der Waals surface area contributed by atoms with Crippen LogP contribution in [0.3, 0.4) is 0 Å². The lowest BCUT2D eigenvalue weighted by Gasteiger charge is -2.20. The van der Waals surface area contributed by atoms with Crippen molar-refractivity contribution in [2.45, 2.75) is 18.6 Å². The summed E-state index contributed by atoms with van der Waals surface area (Å²) in [5.41, 5.74) is 0. The second kappa shape index (κ2) is 6.80. The maximum atomic E-state index is 10.9. The zero-order valence-corrected chi connectivity index (χ0v) is 9.46. The highest BCUT2D eigenvalue weighted by Crippen LogP contribution is 2.17. The van der Waals surface area contributed by atoms with Gasteiger partial charge in [0.1, 0.15) is 6.04 Å². The van der Waals surface area contributed by atoms with E-state index in [-0.39, 0.29) is 0 Å². The van der Waals surface area contributed by atoms with Gasteiger partial charge in [0.25, 0.3) is 0 Å². The summed E-state index contributed by atoms with van der Waals surface area (Å²) in [6.07, 6.45) is -0.243. The summed E-state index contributed by atoms with van der Waals surface area (Å²) in [5, 5.41) is 18.3. The van der Waals surface area contributed by atoms with Gasteiger partial charge >= 0.3 is 5.97 Å². The quantitative estimate of drug-likeness (QED) is 0.559. The summed E-state index contributed by atoms with van der Waals surface area (Å²) in [7, 11) is 1.60. The largest absolute Gasteiger partial charge is 0.480 e. The maximum Gasteiger partial charge on any atom is 0.321 e. The fourth-order valence-corrected chi connectivity index (χ4v) is 1.81. The Morgan fingerprint density at radius 2 is 2.19 bits per heavy atom. The van der Waals surface area contributed by atoms with Crippen LogP contribution in [0.1, 0.15) is 6.42 Å². The lowest BCUT2D eigenvalue weighted by atomic mass is 10.2. The number of hydrogen-bond acceptors (Lipinski definition) is 5. The molecule has 1 heterocycles. The van der Waals surface area contributed by atoms with Gasteiger partial charge in [-0.25, -0.2) is 0 Å². The number of β-amino-alcohol motifs (C(OH)–C–C–N with tert-alkyl or cyclic N) is 1. The highest BCUT2D eigenvalue weighted by Gasteiger charge is 2.35. The number of carboxylic acids is 1. The van der Waals surface area contributed by atoms with Crippen molar-refractivity contribution in [1.29, 1.82) is 0 Å². The second-order valence-electron chi connectivity index (χ2n) is 3.84. The fourth-order valence-electron chi connectivity index (χ4n) is 1.81. The van der Waals surface area contributed by atoms with E-state index in [2.05, 4.69) is 0 Å². The molecule has 0 aliphatic carbocycles. The van der Waals surface area contributed by atoms with E-state index in [9.17, 15) is 9.90 Å². The molecule has 2 unspecified atom stereocenters. The predicted molar refractivity (Wildman–Crippen MR) is 56.3 cm³/mol. The monoisotopic (exact) mass is 233 g/mol. The van der Waals surface area contributed by atoms with Gasteiger partial charge in [0.2, 0.25) is 0 Å². The number of nitrogens with zero attached hydrogens (tertiary/aromatic N) is 1. The smallest absolute Gasteiger partial charge is 0.321 e. The molecule has 1 aliphatic rings. The number of hydrogen-bond donors (Lipinski definition) is 2. The number of likely N-dealkylation sites (tertiary alicyclic amines) is 1. The summed E-state index contributed by atoms with van der Waals surface area (Å²) in [6.45, 7) is 2.43. The first kappa shape index (κ1) is 13.4. The Morgan fingerprint density at radius 3 is 2.81 bits per heavy atom. The molecule has 6 heteroatoms. The topological polar surface area (TPSA) is 79.2 Å². The molecule has 0 aromatic heterocycles. The highest BCUT2D eigenvalue weighted by atomic mass is 16.5. The van der Waals surface area contributed by atoms with E-state index in [1.54, 1.807) is 12.0 Å². The molecule has 94 valence electrons. The summed E-state index contributed by atoms with van der Waals surface area (Å²) >= 11 is 0. The number of carboxylic acid groups (broad SMARTS) is 1. The molecule has 1 saturated heterocycles. The highest BCUT2D eigenvalue weighted by molar-refractivity contribution is 5.74. The minimum absolute atomic E-state index is 0.299. The van der Waals surface area contributed by atoms with Gasteiger partial charge in [0.15, 0.2) is 0 Å². The molecular formula is C10H19NO5. The number of ether oxygens (including phenoxy) is 2. The molecule has 0 aromatic carbocycles. The molecule has 0 aromatic rings. The van der Waals surface area contributed by atoms with Crippen LogP contribution in [0.4, 0.5) is 0 Å². The lowest BCUT2D eigenvalue weighted by Crippen LogP contribution is -2.38. The average Bonchev–Trinajstić information content (AvgIpc) is 2.59. The number of methoxy groups -OCH3 is 1. The molecular weight excluding hydrogens is 214 g/mol. The standard InChI is InChI=1S/C10H19NO5/c1-15-4-5-16-3-2-11-7-8(12)6-9(11)10(13)14/h8-9,12H,2-7H2,1H3,(H,13,14). The molecule has 16 heavy (non-hydrogen) atoms. The SMILES string of the molecule is COCCOCCN1CC(O)CC1C(=O)O. The van der Waals surface area contributed by atoms with Gasteiger partial charge in [-0.1, -0.05) is 0 Å². The van der Waals surface area contributed by atoms with Gasteiger partial charge in [-0.3, -0.25) is 9.69 Å². The Hall–Kier alpha value is -0.690. The molecule has 6 nitrogen and oxygen atoms in total. The zero-order chi connectivity index (χ0) is 12.0. The first-order valence-corrected chi connectivity index (χ1v) is 5.36. The van der Waals surface area contributed by atoms with E-state index in [4.69, 9.17) is 14.6 Å². The molecule has 0 bridgehead atoms. The van der Waals surface area contributed by atoms with Gasteiger partial charge in [0, 0.05) is 26.6 Å². The zero-order valence-electron chi connectivity index (χ0n) is 9.46. The van der Waals surface area contributed by atoms with Gasteiger partial charge in [0.05, 0.1) is 25.9 Å². The first-order chi connectivity index (χ1) is 7.65. The van der Waals surface area contributed by atoms with Crippen molar-refractivity contribution >= 4 is 5.97 Å². The van der Waals surface area contributed by atoms with Crippen LogP contribution in [0.15, 0.2) is 0 Å². The van der Waals surface area contributed by atoms with Crippen molar-refractivity contribution in [2.24, 2.45) is 0 Å². The molecule has 1 rings (SSSR count). The number of aliphatic hydroxyl groups excluding tert-OH is 1. The lowest BCUT2D eigenvalue weighted by molar-refractivity contribution is -0.142. The van der Waals surface area contributed by atoms with Crippen LogP contribution < -0.4 is 0 Å². The summed E-state index contributed by atoms with van der Waals surface area (Å²) in [5.74, 6) is -0.881. The molecule has 0 amide bonds. The molecule has 0 spiro atoms. The van der Waals surface area contributed by atoms with E-state index < -0.39 is 18.1 Å². The van der Waals surface area contributed by atoms with E-state index in [1.807, 2.05) is 0 Å². The normalized spacial score (nSPS) is 26.1. The van der Waals surface area contributed by atoms with E-state index >= 15 is 0 Å². The van der Waals surface area contributed by atoms with Crippen LogP contribution in [0.25, 0.3) is 0 Å². The van der Waals surface area contributed by atoms with Crippen LogP contribution >= 0.6 is 0 Å². The van der Waals surface area contributed by atoms with Crippen molar-refractivity contribution < 1.29 is 24.5 Å². The fraction of sp³-hybridized carbons (Fsp3) is 0.900. The van der Waals surface area contributed by atoms with Crippen LogP contribution in [0.2, 0.25) is 0 Å². The predicted octanol–water partition coefficient (Wildman–Crippen LogP) is -0.831. The number of aliphatic carboxylic acids is 1. The minimum Gasteiger partial charge on any atom is -0.480 e. The molecule has 0 saturated carbocycles. The summed E-state index contributed by atoms with van der Waals surface area (Å²) < 4.78 is 10.1. The minimum atomic E-state index is -0.881. The summed E-state index contributed by atoms with van der Waals surface area (Å²) in [6, 6.07) is -0.582. The molecule has 0 radical (unpaired) electrons. The van der Waals surface area contributed by atoms with Crippen molar-refractivity contribution in [3.63, 3.8) is 0 Å². The van der Waals surface area contributed by atoms with Crippen LogP contribution in [-0.4, -0.2) is 73.2 Å². The first-order valence-electron chi connectivity index (χ1n) is 5.36. The van der Waals surface area contributed by atoms with Crippen molar-refractivity contribution in [1.82, 2.24) is 4.90 Å².